The Hall–Kier alpha value is -2.39. The molecule has 7 nitrogen and oxygen atoms in total. The Kier molecular flexibility index (Phi) is 3.72. The van der Waals surface area contributed by atoms with Crippen LogP contribution in [0.5, 0.6) is 0 Å². The second-order valence-electron chi connectivity index (χ2n) is 3.76. The standard InChI is InChI=1S/C10H10F3N5O2/c1-20-8(19)4-5-14-6-2-3-7-15-16-9(10(11,12)13)18(7)17-6/h2-3H,4-5H2,1H3,(H,14,17). The zero-order chi connectivity index (χ0) is 14.8. The number of halogens is 3. The molecule has 0 spiro atoms. The molecular weight excluding hydrogens is 279 g/mol. The molecule has 0 radical (unpaired) electrons. The Morgan fingerprint density at radius 1 is 1.40 bits per heavy atom. The van der Waals surface area contributed by atoms with Crippen LogP contribution < -0.4 is 5.32 Å². The van der Waals surface area contributed by atoms with Crippen molar-refractivity contribution in [3.8, 4) is 0 Å². The molecule has 0 aliphatic heterocycles. The Morgan fingerprint density at radius 3 is 2.80 bits per heavy atom. The minimum atomic E-state index is -4.64. The molecule has 0 saturated heterocycles. The predicted molar refractivity (Wildman–Crippen MR) is 60.9 cm³/mol. The SMILES string of the molecule is COC(=O)CCNc1ccc2nnc(C(F)(F)F)n2n1. The van der Waals surface area contributed by atoms with Crippen LogP contribution in [0.1, 0.15) is 12.2 Å². The second-order valence-corrected chi connectivity index (χ2v) is 3.76. The van der Waals surface area contributed by atoms with Gasteiger partial charge in [-0.05, 0) is 12.1 Å². The van der Waals surface area contributed by atoms with Gasteiger partial charge in [-0.3, -0.25) is 4.79 Å². The maximum Gasteiger partial charge on any atom is 0.453 e. The molecule has 10 heteroatoms. The number of alkyl halides is 3. The van der Waals surface area contributed by atoms with E-state index in [9.17, 15) is 18.0 Å². The maximum atomic E-state index is 12.6. The highest BCUT2D eigenvalue weighted by atomic mass is 19.4. The number of methoxy groups -OCH3 is 1. The number of rotatable bonds is 4. The number of ether oxygens (including phenoxy) is 1. The van der Waals surface area contributed by atoms with Crippen molar-refractivity contribution in [3.05, 3.63) is 18.0 Å². The monoisotopic (exact) mass is 289 g/mol. The summed E-state index contributed by atoms with van der Waals surface area (Å²) in [4.78, 5) is 10.9. The highest BCUT2D eigenvalue weighted by molar-refractivity contribution is 5.69. The largest absolute Gasteiger partial charge is 0.469 e. The van der Waals surface area contributed by atoms with Gasteiger partial charge in [0.05, 0.1) is 13.5 Å². The van der Waals surface area contributed by atoms with E-state index in [0.29, 0.717) is 4.52 Å². The molecule has 108 valence electrons. The Labute approximate surface area is 110 Å². The quantitative estimate of drug-likeness (QED) is 0.849. The van der Waals surface area contributed by atoms with Crippen LogP contribution in [0.3, 0.4) is 0 Å². The van der Waals surface area contributed by atoms with Crippen molar-refractivity contribution in [1.82, 2.24) is 19.8 Å². The molecule has 0 bridgehead atoms. The fraction of sp³-hybridized carbons (Fsp3) is 0.400. The van der Waals surface area contributed by atoms with Gasteiger partial charge in [0.25, 0.3) is 5.82 Å². The van der Waals surface area contributed by atoms with E-state index in [4.69, 9.17) is 0 Å². The molecule has 0 saturated carbocycles. The van der Waals surface area contributed by atoms with Crippen molar-refractivity contribution >= 4 is 17.4 Å². The third-order valence-corrected chi connectivity index (χ3v) is 2.38. The zero-order valence-corrected chi connectivity index (χ0v) is 10.3. The number of aromatic nitrogens is 4. The molecule has 0 aliphatic rings. The molecule has 2 aromatic rings. The molecule has 1 N–H and O–H groups in total. The normalized spacial score (nSPS) is 11.6. The van der Waals surface area contributed by atoms with Crippen LogP contribution in [0.4, 0.5) is 19.0 Å². The summed E-state index contributed by atoms with van der Waals surface area (Å²) in [5, 5.41) is 12.9. The van der Waals surface area contributed by atoms with E-state index in [1.54, 1.807) is 0 Å². The molecule has 2 rings (SSSR count). The number of carbonyl (C=O) groups excluding carboxylic acids is 1. The van der Waals surface area contributed by atoms with Gasteiger partial charge in [0.1, 0.15) is 5.82 Å². The van der Waals surface area contributed by atoms with E-state index in [0.717, 1.165) is 0 Å². The van der Waals surface area contributed by atoms with Crippen LogP contribution in [0.2, 0.25) is 0 Å². The lowest BCUT2D eigenvalue weighted by Gasteiger charge is -2.06. The number of fused-ring (bicyclic) bond motifs is 1. The van der Waals surface area contributed by atoms with E-state index in [-0.39, 0.29) is 24.4 Å². The summed E-state index contributed by atoms with van der Waals surface area (Å²) in [6.07, 6.45) is -4.57. The van der Waals surface area contributed by atoms with Gasteiger partial charge in [-0.25, -0.2) is 0 Å². The van der Waals surface area contributed by atoms with Gasteiger partial charge in [0.2, 0.25) is 0 Å². The van der Waals surface area contributed by atoms with Crippen LogP contribution in [0.15, 0.2) is 12.1 Å². The van der Waals surface area contributed by atoms with Gasteiger partial charge in [0, 0.05) is 6.54 Å². The van der Waals surface area contributed by atoms with E-state index in [1.807, 2.05) is 0 Å². The lowest BCUT2D eigenvalue weighted by atomic mass is 10.4. The van der Waals surface area contributed by atoms with Gasteiger partial charge in [0.15, 0.2) is 5.65 Å². The summed E-state index contributed by atoms with van der Waals surface area (Å²) in [5.74, 6) is -1.46. The average Bonchev–Trinajstić information content (AvgIpc) is 2.81. The third-order valence-electron chi connectivity index (χ3n) is 2.38. The van der Waals surface area contributed by atoms with E-state index < -0.39 is 18.0 Å². The fourth-order valence-electron chi connectivity index (χ4n) is 1.45. The summed E-state index contributed by atoms with van der Waals surface area (Å²) in [6.45, 7) is 0.189. The molecule has 0 fully saturated rings. The molecule has 2 heterocycles. The predicted octanol–water partition coefficient (Wildman–Crippen LogP) is 1.12. The van der Waals surface area contributed by atoms with Gasteiger partial charge in [-0.15, -0.1) is 15.3 Å². The first-order chi connectivity index (χ1) is 9.41. The third kappa shape index (κ3) is 2.95. The molecule has 0 unspecified atom stereocenters. The average molecular weight is 289 g/mol. The number of anilines is 1. The number of nitrogens with one attached hydrogen (secondary N) is 1. The molecule has 20 heavy (non-hydrogen) atoms. The van der Waals surface area contributed by atoms with Crippen LogP contribution in [-0.4, -0.2) is 39.4 Å². The number of esters is 1. The lowest BCUT2D eigenvalue weighted by Crippen LogP contribution is -2.15. The van der Waals surface area contributed by atoms with Crippen molar-refractivity contribution in [1.29, 1.82) is 0 Å². The summed E-state index contributed by atoms with van der Waals surface area (Å²) in [7, 11) is 1.25. The Balaban J connectivity index is 2.18. The summed E-state index contributed by atoms with van der Waals surface area (Å²) >= 11 is 0. The fourth-order valence-corrected chi connectivity index (χ4v) is 1.45. The van der Waals surface area contributed by atoms with Crippen LogP contribution in [0, 0.1) is 0 Å². The highest BCUT2D eigenvalue weighted by Crippen LogP contribution is 2.27. The second kappa shape index (κ2) is 5.31. The van der Waals surface area contributed by atoms with Crippen molar-refractivity contribution in [2.45, 2.75) is 12.6 Å². The number of nitrogens with zero attached hydrogens (tertiary/aromatic N) is 4. The summed E-state index contributed by atoms with van der Waals surface area (Å²) in [5.41, 5.74) is -0.0177. The molecule has 2 aromatic heterocycles. The van der Waals surface area contributed by atoms with Crippen LogP contribution in [-0.2, 0) is 15.7 Å². The summed E-state index contributed by atoms with van der Waals surface area (Å²) < 4.78 is 43.0. The topological polar surface area (TPSA) is 81.4 Å². The van der Waals surface area contributed by atoms with Gasteiger partial charge in [-0.2, -0.15) is 17.7 Å². The summed E-state index contributed by atoms with van der Waals surface area (Å²) in [6, 6.07) is 2.79. The lowest BCUT2D eigenvalue weighted by molar-refractivity contribution is -0.146. The number of hydrogen-bond donors (Lipinski definition) is 1. The Morgan fingerprint density at radius 2 is 2.15 bits per heavy atom. The van der Waals surface area contributed by atoms with E-state index in [2.05, 4.69) is 25.3 Å². The van der Waals surface area contributed by atoms with Gasteiger partial charge >= 0.3 is 12.1 Å². The number of carbonyl (C=O) groups is 1. The smallest absolute Gasteiger partial charge is 0.453 e. The molecule has 0 aliphatic carbocycles. The molecule has 0 aromatic carbocycles. The van der Waals surface area contributed by atoms with Crippen LogP contribution >= 0.6 is 0 Å². The molecule has 0 atom stereocenters. The minimum Gasteiger partial charge on any atom is -0.469 e. The minimum absolute atomic E-state index is 0.0177. The zero-order valence-electron chi connectivity index (χ0n) is 10.3. The first kappa shape index (κ1) is 14.0. The first-order valence-electron chi connectivity index (χ1n) is 5.52. The van der Waals surface area contributed by atoms with Gasteiger partial charge < -0.3 is 10.1 Å². The molecule has 0 amide bonds. The molecular formula is C10H10F3N5O2. The van der Waals surface area contributed by atoms with Crippen molar-refractivity contribution in [2.75, 3.05) is 19.0 Å². The van der Waals surface area contributed by atoms with Crippen LogP contribution in [0.25, 0.3) is 5.65 Å². The van der Waals surface area contributed by atoms with E-state index in [1.165, 1.54) is 19.2 Å². The van der Waals surface area contributed by atoms with Gasteiger partial charge in [-0.1, -0.05) is 0 Å². The van der Waals surface area contributed by atoms with Crippen molar-refractivity contribution in [2.24, 2.45) is 0 Å². The van der Waals surface area contributed by atoms with Crippen molar-refractivity contribution < 1.29 is 22.7 Å². The first-order valence-corrected chi connectivity index (χ1v) is 5.52. The van der Waals surface area contributed by atoms with E-state index >= 15 is 0 Å². The Bertz CT molecular complexity index is 625. The maximum absolute atomic E-state index is 12.6. The number of hydrogen-bond acceptors (Lipinski definition) is 6. The van der Waals surface area contributed by atoms with Crippen molar-refractivity contribution in [3.63, 3.8) is 0 Å². The highest BCUT2D eigenvalue weighted by Gasteiger charge is 2.37.